The van der Waals surface area contributed by atoms with E-state index in [4.69, 9.17) is 28.4 Å². The maximum Gasteiger partial charge on any atom is 0.220 e. The van der Waals surface area contributed by atoms with Gasteiger partial charge in [-0.3, -0.25) is 4.79 Å². The molecule has 3 aliphatic rings. The molecule has 17 unspecified atom stereocenters. The SMILES string of the molecule is CC/C=C\C/C=C\C/C=C\C/C=C\C/C=C\C/C=C\C/C=C\C/C=C\C/C=C\C/C=C\C/C=C\CCCCCCCCCC(=O)NC(COC1OC(CO)C(OC2OC(CO)C(OC3OC(CO)C(O)C(O)C3O)C(O)C2O)C(O)C1O)C(O)/C=C/CC/C=C/CC/C=C/CCCCCCCCCCCCCCCCCCCCCCCC. The van der Waals surface area contributed by atoms with Crippen molar-refractivity contribution in [1.82, 2.24) is 5.32 Å². The van der Waals surface area contributed by atoms with Gasteiger partial charge in [0, 0.05) is 6.42 Å². The van der Waals surface area contributed by atoms with E-state index in [1.165, 1.54) is 141 Å². The van der Waals surface area contributed by atoms with Gasteiger partial charge in [0.05, 0.1) is 38.6 Å². The van der Waals surface area contributed by atoms with E-state index in [-0.39, 0.29) is 18.9 Å². The van der Waals surface area contributed by atoms with E-state index >= 15 is 0 Å². The first-order chi connectivity index (χ1) is 57.8. The fraction of sp³-hybridized carbons (Fsp3) is 0.707. The number of hydrogen-bond acceptors (Lipinski definition) is 18. The number of ether oxygens (including phenoxy) is 6. The summed E-state index contributed by atoms with van der Waals surface area (Å²) in [7, 11) is 0. The smallest absolute Gasteiger partial charge is 0.220 e. The zero-order valence-electron chi connectivity index (χ0n) is 72.8. The van der Waals surface area contributed by atoms with E-state index in [0.29, 0.717) is 12.8 Å². The molecule has 0 aromatic rings. The van der Waals surface area contributed by atoms with E-state index in [2.05, 4.69) is 177 Å². The number of rotatable bonds is 73. The van der Waals surface area contributed by atoms with Crippen LogP contribution in [0.1, 0.15) is 316 Å². The summed E-state index contributed by atoms with van der Waals surface area (Å²) >= 11 is 0. The maximum absolute atomic E-state index is 13.5. The highest BCUT2D eigenvalue weighted by Gasteiger charge is 2.54. The molecule has 19 heteroatoms. The Morgan fingerprint density at radius 3 is 0.949 bits per heavy atom. The van der Waals surface area contributed by atoms with E-state index in [1.54, 1.807) is 6.08 Å². The molecule has 3 rings (SSSR count). The molecule has 3 heterocycles. The Morgan fingerprint density at radius 2 is 0.593 bits per heavy atom. The second-order valence-corrected chi connectivity index (χ2v) is 32.0. The normalized spacial score (nSPS) is 25.1. The van der Waals surface area contributed by atoms with E-state index in [9.17, 15) is 61.0 Å². The Balaban J connectivity index is 1.35. The largest absolute Gasteiger partial charge is 0.394 e. The first-order valence-corrected chi connectivity index (χ1v) is 46.4. The molecular formula is C99H165NO18. The summed E-state index contributed by atoms with van der Waals surface area (Å²) in [5.41, 5.74) is 0. The molecule has 118 heavy (non-hydrogen) atoms. The molecule has 0 spiro atoms. The monoisotopic (exact) mass is 1660 g/mol. The molecule has 0 aromatic heterocycles. The van der Waals surface area contributed by atoms with Crippen LogP contribution in [0.2, 0.25) is 0 Å². The van der Waals surface area contributed by atoms with Crippen LogP contribution < -0.4 is 5.32 Å². The molecule has 674 valence electrons. The van der Waals surface area contributed by atoms with Crippen LogP contribution in [-0.4, -0.2) is 193 Å². The van der Waals surface area contributed by atoms with Gasteiger partial charge in [-0.2, -0.15) is 0 Å². The fourth-order valence-electron chi connectivity index (χ4n) is 14.4. The number of carbonyl (C=O) groups excluding carboxylic acids is 1. The van der Waals surface area contributed by atoms with E-state index < -0.39 is 124 Å². The zero-order chi connectivity index (χ0) is 85.2. The van der Waals surface area contributed by atoms with Crippen molar-refractivity contribution in [2.45, 2.75) is 420 Å². The second kappa shape index (κ2) is 75.9. The molecule has 12 N–H and O–H groups in total. The standard InChI is InChI=1S/C99H165NO18/c1-3-5-7-9-11-13-15-17-19-21-23-25-27-29-31-33-35-37-38-39-40-41-42-43-44-45-47-49-51-53-55-57-59-61-63-65-67-69-71-73-75-77-87(105)100-82(83(104)76-74-72-70-68-66-64-62-60-58-56-54-52-50-48-46-36-34-32-30-28-26-24-22-20-18-16-14-12-10-8-6-4-2)81-113-97-93(111)90(108)95(85(79-102)115-97)118-99-94(112)91(109)96(86(80-103)116-99)117-98-92(110)89(107)88(106)84(78-101)114-98/h5,7,11,13,17,19,23,25,29,31,35,37,39-40,42-43,45,47,51,53,57-60,66,68,74,76,82-86,88-99,101-104,106-112H,3-4,6,8-10,12,14-16,18,20-22,24,26-28,30,32-34,36,38,41,44,46,48-50,52,54-56,61-65,67,69-73,75,77-81H2,1-2H3,(H,100,105)/b7-5-,13-11-,19-17-,25-23-,31-29-,37-35-,40-39-,43-42-,47-45-,53-51-,59-57-,60-58+,68-66+,76-74+. The van der Waals surface area contributed by atoms with Crippen molar-refractivity contribution < 1.29 is 89.4 Å². The highest BCUT2D eigenvalue weighted by Crippen LogP contribution is 2.33. The van der Waals surface area contributed by atoms with Crippen LogP contribution in [-0.2, 0) is 33.2 Å². The van der Waals surface area contributed by atoms with Crippen molar-refractivity contribution in [2.75, 3.05) is 26.4 Å². The topological polar surface area (TPSA) is 307 Å². The number of aliphatic hydroxyl groups is 11. The van der Waals surface area contributed by atoms with Crippen LogP contribution in [0.25, 0.3) is 0 Å². The number of amides is 1. The first kappa shape index (κ1) is 107. The van der Waals surface area contributed by atoms with Gasteiger partial charge < -0.3 is 89.9 Å². The third-order valence-electron chi connectivity index (χ3n) is 21.7. The van der Waals surface area contributed by atoms with Gasteiger partial charge in [-0.1, -0.05) is 351 Å². The van der Waals surface area contributed by atoms with Crippen molar-refractivity contribution in [1.29, 1.82) is 0 Å². The molecule has 0 bridgehead atoms. The van der Waals surface area contributed by atoms with Gasteiger partial charge in [0.2, 0.25) is 5.91 Å². The van der Waals surface area contributed by atoms with Gasteiger partial charge in [0.1, 0.15) is 73.2 Å². The third-order valence-corrected chi connectivity index (χ3v) is 21.7. The summed E-state index contributed by atoms with van der Waals surface area (Å²) in [4.78, 5) is 13.5. The van der Waals surface area contributed by atoms with Crippen LogP contribution in [0.3, 0.4) is 0 Å². The van der Waals surface area contributed by atoms with Gasteiger partial charge in [-0.25, -0.2) is 0 Å². The molecule has 1 amide bonds. The van der Waals surface area contributed by atoms with Crippen LogP contribution in [0.5, 0.6) is 0 Å². The minimum atomic E-state index is -1.99. The predicted octanol–water partition coefficient (Wildman–Crippen LogP) is 18.5. The lowest BCUT2D eigenvalue weighted by Gasteiger charge is -2.48. The number of allylic oxidation sites excluding steroid dienone is 27. The number of hydrogen-bond donors (Lipinski definition) is 12. The quantitative estimate of drug-likeness (QED) is 0.0199. The number of aliphatic hydroxyl groups excluding tert-OH is 11. The molecule has 3 saturated heterocycles. The summed E-state index contributed by atoms with van der Waals surface area (Å²) in [5.74, 6) is -0.305. The molecule has 0 saturated carbocycles. The summed E-state index contributed by atoms with van der Waals surface area (Å²) in [5, 5.41) is 121. The summed E-state index contributed by atoms with van der Waals surface area (Å²) < 4.78 is 34.5. The first-order valence-electron chi connectivity index (χ1n) is 46.4. The Morgan fingerprint density at radius 1 is 0.314 bits per heavy atom. The van der Waals surface area contributed by atoms with Crippen molar-refractivity contribution in [2.24, 2.45) is 0 Å². The summed E-state index contributed by atoms with van der Waals surface area (Å²) in [6, 6.07) is -1.02. The Hall–Kier alpha value is -4.85. The molecule has 17 atom stereocenters. The lowest BCUT2D eigenvalue weighted by atomic mass is 9.96. The molecule has 0 aromatic carbocycles. The fourth-order valence-corrected chi connectivity index (χ4v) is 14.4. The Bertz CT molecular complexity index is 2800. The lowest BCUT2D eigenvalue weighted by molar-refractivity contribution is -0.379. The highest BCUT2D eigenvalue weighted by molar-refractivity contribution is 5.76. The molecule has 0 aliphatic carbocycles. The van der Waals surface area contributed by atoms with Crippen molar-refractivity contribution in [3.8, 4) is 0 Å². The van der Waals surface area contributed by atoms with Crippen LogP contribution in [0, 0.1) is 0 Å². The highest BCUT2D eigenvalue weighted by atomic mass is 16.8. The number of unbranched alkanes of at least 4 members (excludes halogenated alkanes) is 31. The van der Waals surface area contributed by atoms with Crippen LogP contribution in [0.15, 0.2) is 170 Å². The van der Waals surface area contributed by atoms with E-state index in [1.807, 2.05) is 6.08 Å². The average molecular weight is 1660 g/mol. The van der Waals surface area contributed by atoms with Gasteiger partial charge in [-0.05, 0) is 128 Å². The minimum absolute atomic E-state index is 0.208. The van der Waals surface area contributed by atoms with Crippen molar-refractivity contribution in [3.63, 3.8) is 0 Å². The van der Waals surface area contributed by atoms with Gasteiger partial charge in [0.25, 0.3) is 0 Å². The van der Waals surface area contributed by atoms with E-state index in [0.717, 1.165) is 141 Å². The summed E-state index contributed by atoms with van der Waals surface area (Å²) in [6.07, 6.45) is 87.9. The Labute approximate surface area is 713 Å². The van der Waals surface area contributed by atoms with Gasteiger partial charge in [-0.15, -0.1) is 0 Å². The number of nitrogens with one attached hydrogen (secondary N) is 1. The molecular weight excluding hydrogens is 1490 g/mol. The van der Waals surface area contributed by atoms with Crippen molar-refractivity contribution >= 4 is 5.91 Å². The zero-order valence-corrected chi connectivity index (χ0v) is 72.8. The Kier molecular flexibility index (Phi) is 69.0. The van der Waals surface area contributed by atoms with Gasteiger partial charge >= 0.3 is 0 Å². The number of carbonyl (C=O) groups is 1. The van der Waals surface area contributed by atoms with Crippen LogP contribution in [0.4, 0.5) is 0 Å². The molecule has 3 fully saturated rings. The minimum Gasteiger partial charge on any atom is -0.394 e. The van der Waals surface area contributed by atoms with Crippen LogP contribution >= 0.6 is 0 Å². The predicted molar refractivity (Wildman–Crippen MR) is 479 cm³/mol. The lowest BCUT2D eigenvalue weighted by Crippen LogP contribution is -2.66. The molecule has 19 nitrogen and oxygen atoms in total. The maximum atomic E-state index is 13.5. The second-order valence-electron chi connectivity index (χ2n) is 32.0. The third kappa shape index (κ3) is 53.2. The van der Waals surface area contributed by atoms with Crippen molar-refractivity contribution in [3.05, 3.63) is 170 Å². The molecule has 3 aliphatic heterocycles. The average Bonchev–Trinajstić information content (AvgIpc) is 0.777. The summed E-state index contributed by atoms with van der Waals surface area (Å²) in [6.45, 7) is 1.60. The van der Waals surface area contributed by atoms with Gasteiger partial charge in [0.15, 0.2) is 18.9 Å². The molecule has 0 radical (unpaired) electrons.